The highest BCUT2D eigenvalue weighted by Crippen LogP contribution is 2.32. The van der Waals surface area contributed by atoms with Crippen LogP contribution in [-0.2, 0) is 13.0 Å². The van der Waals surface area contributed by atoms with E-state index in [1.54, 1.807) is 36.4 Å². The van der Waals surface area contributed by atoms with Crippen LogP contribution in [0.3, 0.4) is 0 Å². The molecule has 4 aromatic carbocycles. The molecule has 6 aromatic rings. The van der Waals surface area contributed by atoms with Crippen molar-refractivity contribution in [3.63, 3.8) is 0 Å². The molecule has 13 heteroatoms. The van der Waals surface area contributed by atoms with Gasteiger partial charge in [-0.1, -0.05) is 147 Å². The summed E-state index contributed by atoms with van der Waals surface area (Å²) in [5, 5.41) is 12.4. The number of unbranched alkanes of at least 4 members (excludes halogenated alkanes) is 9. The molecule has 0 aliphatic heterocycles. The van der Waals surface area contributed by atoms with E-state index in [1.165, 1.54) is 92.5 Å². The number of ether oxygens (including phenoxy) is 1. The van der Waals surface area contributed by atoms with Gasteiger partial charge in [0, 0.05) is 11.1 Å². The molecule has 0 spiro atoms. The Bertz CT molecular complexity index is 2260. The molecule has 55 heavy (non-hydrogen) atoms. The number of nitrogens with one attached hydrogen (secondary N) is 1. The minimum absolute atomic E-state index is 0.0753. The molecule has 0 aliphatic carbocycles. The van der Waals surface area contributed by atoms with Gasteiger partial charge in [-0.3, -0.25) is 14.8 Å². The summed E-state index contributed by atoms with van der Waals surface area (Å²) in [7, 11) is 0. The summed E-state index contributed by atoms with van der Waals surface area (Å²) in [6, 6.07) is 25.0. The van der Waals surface area contributed by atoms with Gasteiger partial charge in [0.15, 0.2) is 0 Å². The van der Waals surface area contributed by atoms with Crippen LogP contribution in [-0.4, -0.2) is 36.8 Å². The standard InChI is InChI=1S/C42H43Cl3N6O4/c1-2-3-4-5-6-7-8-9-10-12-15-29-18-20-30(21-19-29)28-49(38-27-39(52)50(48-38)40-34(44)25-32(43)26-35(40)45)42(54)51-46-36-23-22-31(24-37(36)47-51)41(53)55-33-16-13-11-14-17-33/h11,13-14,16-27,48H,2-10,12,15,28H2,1H3. The van der Waals surface area contributed by atoms with E-state index in [2.05, 4.69) is 34.4 Å². The third kappa shape index (κ3) is 10.4. The molecular formula is C42H43Cl3N6O4. The highest BCUT2D eigenvalue weighted by Gasteiger charge is 2.25. The number of benzene rings is 4. The summed E-state index contributed by atoms with van der Waals surface area (Å²) < 4.78 is 6.63. The minimum Gasteiger partial charge on any atom is -0.423 e. The summed E-state index contributed by atoms with van der Waals surface area (Å²) in [6.45, 7) is 2.32. The number of amides is 1. The van der Waals surface area contributed by atoms with Crippen LogP contribution < -0.4 is 15.2 Å². The minimum atomic E-state index is -0.652. The zero-order valence-corrected chi connectivity index (χ0v) is 32.9. The number of aryl methyl sites for hydroxylation is 1. The third-order valence-corrected chi connectivity index (χ3v) is 10.2. The molecule has 0 atom stereocenters. The number of rotatable bonds is 17. The fourth-order valence-corrected chi connectivity index (χ4v) is 7.38. The zero-order valence-electron chi connectivity index (χ0n) is 30.6. The van der Waals surface area contributed by atoms with Crippen LogP contribution in [0.5, 0.6) is 5.75 Å². The van der Waals surface area contributed by atoms with Crippen molar-refractivity contribution in [3.05, 3.63) is 133 Å². The maximum Gasteiger partial charge on any atom is 0.368 e. The van der Waals surface area contributed by atoms with Crippen molar-refractivity contribution in [2.24, 2.45) is 0 Å². The number of esters is 1. The molecule has 0 saturated carbocycles. The lowest BCUT2D eigenvalue weighted by atomic mass is 10.0. The molecule has 0 aliphatic rings. The predicted octanol–water partition coefficient (Wildman–Crippen LogP) is 11.2. The second-order valence-electron chi connectivity index (χ2n) is 13.5. The molecular weight excluding hydrogens is 759 g/mol. The first-order valence-corrected chi connectivity index (χ1v) is 19.8. The number of carbonyl (C=O) groups excluding carboxylic acids is 2. The molecule has 286 valence electrons. The van der Waals surface area contributed by atoms with Crippen molar-refractivity contribution in [3.8, 4) is 11.4 Å². The molecule has 0 bridgehead atoms. The Labute approximate surface area is 334 Å². The van der Waals surface area contributed by atoms with Crippen LogP contribution >= 0.6 is 34.8 Å². The molecule has 2 aromatic heterocycles. The van der Waals surface area contributed by atoms with Crippen LogP contribution in [0.4, 0.5) is 10.6 Å². The van der Waals surface area contributed by atoms with Crippen LogP contribution in [0.1, 0.15) is 92.6 Å². The lowest BCUT2D eigenvalue weighted by molar-refractivity contribution is 0.0735. The first kappa shape index (κ1) is 39.8. The Morgan fingerprint density at radius 3 is 2.02 bits per heavy atom. The van der Waals surface area contributed by atoms with Gasteiger partial charge in [0.1, 0.15) is 28.3 Å². The number of halogens is 3. The Morgan fingerprint density at radius 2 is 1.35 bits per heavy atom. The monoisotopic (exact) mass is 800 g/mol. The average Bonchev–Trinajstić information content (AvgIpc) is 3.78. The number of aromatic amines is 1. The summed E-state index contributed by atoms with van der Waals surface area (Å²) in [5.41, 5.74) is 2.64. The van der Waals surface area contributed by atoms with E-state index in [0.29, 0.717) is 21.8 Å². The first-order valence-electron chi connectivity index (χ1n) is 18.7. The van der Waals surface area contributed by atoms with Crippen molar-refractivity contribution < 1.29 is 14.3 Å². The summed E-state index contributed by atoms with van der Waals surface area (Å²) in [6.07, 6.45) is 13.8. The Hall–Kier alpha value is -4.90. The summed E-state index contributed by atoms with van der Waals surface area (Å²) in [5.74, 6) is -0.0262. The predicted molar refractivity (Wildman–Crippen MR) is 219 cm³/mol. The largest absolute Gasteiger partial charge is 0.423 e. The Morgan fingerprint density at radius 1 is 0.727 bits per heavy atom. The van der Waals surface area contributed by atoms with E-state index >= 15 is 0 Å². The van der Waals surface area contributed by atoms with Crippen LogP contribution in [0.15, 0.2) is 95.8 Å². The number of para-hydroxylation sites is 1. The van der Waals surface area contributed by atoms with Crippen molar-refractivity contribution in [2.75, 3.05) is 4.90 Å². The van der Waals surface area contributed by atoms with E-state index in [9.17, 15) is 14.4 Å². The SMILES string of the molecule is CCCCCCCCCCCCc1ccc(CN(C(=O)n2nc3ccc(C(=O)Oc4ccccc4)cc3n2)c2cc(=O)n(-c3c(Cl)cc(Cl)cc3Cl)[nH]2)cc1. The fraction of sp³-hybridized carbons (Fsp3) is 0.310. The van der Waals surface area contributed by atoms with E-state index < -0.39 is 17.6 Å². The first-order chi connectivity index (χ1) is 26.7. The maximum absolute atomic E-state index is 14.3. The molecule has 0 unspecified atom stereocenters. The van der Waals surface area contributed by atoms with Gasteiger partial charge in [0.2, 0.25) is 0 Å². The smallest absolute Gasteiger partial charge is 0.368 e. The number of H-pyrrole nitrogens is 1. The van der Waals surface area contributed by atoms with E-state index in [-0.39, 0.29) is 33.7 Å². The number of carbonyl (C=O) groups is 2. The number of aromatic nitrogens is 5. The molecule has 0 fully saturated rings. The number of hydrogen-bond acceptors (Lipinski definition) is 6. The molecule has 0 saturated heterocycles. The van der Waals surface area contributed by atoms with Gasteiger partial charge in [-0.15, -0.1) is 10.2 Å². The number of anilines is 1. The maximum atomic E-state index is 14.3. The average molecular weight is 802 g/mol. The van der Waals surface area contributed by atoms with Gasteiger partial charge in [0.05, 0.1) is 22.2 Å². The highest BCUT2D eigenvalue weighted by atomic mass is 35.5. The van der Waals surface area contributed by atoms with Gasteiger partial charge in [0.25, 0.3) is 5.56 Å². The van der Waals surface area contributed by atoms with Gasteiger partial charge in [-0.05, 0) is 66.4 Å². The quantitative estimate of drug-likeness (QED) is 0.0558. The fourth-order valence-electron chi connectivity index (χ4n) is 6.39. The topological polar surface area (TPSA) is 115 Å². The molecule has 10 nitrogen and oxygen atoms in total. The number of fused-ring (bicyclic) bond motifs is 1. The van der Waals surface area contributed by atoms with Crippen molar-refractivity contribution in [1.29, 1.82) is 0 Å². The Kier molecular flexibility index (Phi) is 13.8. The molecule has 1 N–H and O–H groups in total. The normalized spacial score (nSPS) is 11.3. The van der Waals surface area contributed by atoms with E-state index in [1.807, 2.05) is 18.2 Å². The van der Waals surface area contributed by atoms with E-state index in [4.69, 9.17) is 39.5 Å². The second kappa shape index (κ2) is 19.1. The molecule has 0 radical (unpaired) electrons. The Balaban J connectivity index is 1.20. The van der Waals surface area contributed by atoms with Gasteiger partial charge in [-0.25, -0.2) is 14.3 Å². The van der Waals surface area contributed by atoms with Gasteiger partial charge in [-0.2, -0.15) is 0 Å². The molecule has 1 amide bonds. The molecule has 6 rings (SSSR count). The summed E-state index contributed by atoms with van der Waals surface area (Å²) in [4.78, 5) is 42.8. The van der Waals surface area contributed by atoms with Crippen molar-refractivity contribution >= 4 is 63.7 Å². The van der Waals surface area contributed by atoms with Gasteiger partial charge < -0.3 is 4.74 Å². The second-order valence-corrected chi connectivity index (χ2v) is 14.8. The lowest BCUT2D eigenvalue weighted by Gasteiger charge is -2.20. The third-order valence-electron chi connectivity index (χ3n) is 9.36. The van der Waals surface area contributed by atoms with Crippen LogP contribution in [0, 0.1) is 0 Å². The number of nitrogens with zero attached hydrogens (tertiary/aromatic N) is 5. The lowest BCUT2D eigenvalue weighted by Crippen LogP contribution is -2.36. The van der Waals surface area contributed by atoms with Crippen molar-refractivity contribution in [1.82, 2.24) is 24.8 Å². The van der Waals surface area contributed by atoms with Gasteiger partial charge >= 0.3 is 12.0 Å². The summed E-state index contributed by atoms with van der Waals surface area (Å²) >= 11 is 19.0. The zero-order chi connectivity index (χ0) is 38.7. The van der Waals surface area contributed by atoms with Crippen LogP contribution in [0.25, 0.3) is 16.7 Å². The van der Waals surface area contributed by atoms with Crippen molar-refractivity contribution in [2.45, 2.75) is 84.1 Å². The molecule has 2 heterocycles. The van der Waals surface area contributed by atoms with E-state index in [0.717, 1.165) is 27.9 Å². The van der Waals surface area contributed by atoms with Crippen LogP contribution in [0.2, 0.25) is 15.1 Å². The highest BCUT2D eigenvalue weighted by molar-refractivity contribution is 6.40. The number of hydrogen-bond donors (Lipinski definition) is 1.